The van der Waals surface area contributed by atoms with E-state index in [0.29, 0.717) is 11.3 Å². The summed E-state index contributed by atoms with van der Waals surface area (Å²) in [5.41, 5.74) is 0.479. The molecular weight excluding hydrogens is 364 g/mol. The molecule has 0 saturated carbocycles. The Bertz CT molecular complexity index is 823. The van der Waals surface area contributed by atoms with Gasteiger partial charge in [-0.15, -0.1) is 0 Å². The first-order chi connectivity index (χ1) is 12.5. The number of carbonyl (C=O) groups excluding carboxylic acids is 1. The number of halogens is 3. The van der Waals surface area contributed by atoms with Gasteiger partial charge in [0.05, 0.1) is 12.1 Å². The highest BCUT2D eigenvalue weighted by Crippen LogP contribution is 2.36. The fraction of sp³-hybridized carbons (Fsp3) is 0.316. The average Bonchev–Trinajstić information content (AvgIpc) is 2.66. The first-order valence-electron chi connectivity index (χ1n) is 8.29. The number of rotatable bonds is 4. The van der Waals surface area contributed by atoms with Crippen molar-refractivity contribution in [3.63, 3.8) is 0 Å². The van der Waals surface area contributed by atoms with Gasteiger partial charge in [-0.25, -0.2) is 8.78 Å². The third-order valence-corrected chi connectivity index (χ3v) is 4.54. The van der Waals surface area contributed by atoms with E-state index in [4.69, 9.17) is 21.1 Å². The van der Waals surface area contributed by atoms with Crippen molar-refractivity contribution in [1.29, 1.82) is 0 Å². The second-order valence-electron chi connectivity index (χ2n) is 6.02. The van der Waals surface area contributed by atoms with Gasteiger partial charge in [0.25, 0.3) is 5.91 Å². The van der Waals surface area contributed by atoms with Crippen molar-refractivity contribution in [3.05, 3.63) is 52.6 Å². The summed E-state index contributed by atoms with van der Waals surface area (Å²) < 4.78 is 37.4. The Morgan fingerprint density at radius 1 is 1.00 bits per heavy atom. The summed E-state index contributed by atoms with van der Waals surface area (Å²) in [7, 11) is 1.43. The molecule has 7 heteroatoms. The Labute approximate surface area is 155 Å². The predicted molar refractivity (Wildman–Crippen MR) is 94.2 cm³/mol. The van der Waals surface area contributed by atoms with E-state index in [2.05, 4.69) is 0 Å². The number of amides is 1. The molecule has 26 heavy (non-hydrogen) atoms. The first kappa shape index (κ1) is 18.5. The van der Waals surface area contributed by atoms with E-state index in [1.54, 1.807) is 18.2 Å². The molecule has 0 radical (unpaired) electrons. The van der Waals surface area contributed by atoms with Gasteiger partial charge >= 0.3 is 0 Å². The quantitative estimate of drug-likeness (QED) is 0.696. The van der Waals surface area contributed by atoms with Crippen LogP contribution in [0, 0.1) is 11.6 Å². The van der Waals surface area contributed by atoms with Crippen LogP contribution >= 0.6 is 11.6 Å². The van der Waals surface area contributed by atoms with Crippen LogP contribution in [0.15, 0.2) is 30.3 Å². The molecule has 0 unspecified atom stereocenters. The zero-order chi connectivity index (χ0) is 18.7. The van der Waals surface area contributed by atoms with Gasteiger partial charge in [0.1, 0.15) is 5.75 Å². The van der Waals surface area contributed by atoms with E-state index in [-0.39, 0.29) is 22.4 Å². The number of benzene rings is 2. The minimum absolute atomic E-state index is 0.0426. The first-order valence-corrected chi connectivity index (χ1v) is 8.67. The van der Waals surface area contributed by atoms with Crippen LogP contribution in [0.2, 0.25) is 5.02 Å². The number of hydrogen-bond donors (Lipinski definition) is 0. The van der Waals surface area contributed by atoms with Gasteiger partial charge in [-0.05, 0) is 43.5 Å². The van der Waals surface area contributed by atoms with Crippen LogP contribution < -0.4 is 9.47 Å². The second-order valence-corrected chi connectivity index (χ2v) is 6.42. The number of methoxy groups -OCH3 is 1. The molecule has 2 aromatic carbocycles. The molecule has 2 aromatic rings. The van der Waals surface area contributed by atoms with Crippen molar-refractivity contribution < 1.29 is 23.0 Å². The van der Waals surface area contributed by atoms with E-state index in [0.717, 1.165) is 44.5 Å². The normalized spacial score (nSPS) is 14.2. The van der Waals surface area contributed by atoms with E-state index in [9.17, 15) is 13.6 Å². The molecule has 0 spiro atoms. The fourth-order valence-electron chi connectivity index (χ4n) is 2.87. The summed E-state index contributed by atoms with van der Waals surface area (Å²) in [6.45, 7) is 1.48. The van der Waals surface area contributed by atoms with E-state index in [1.807, 2.05) is 4.90 Å². The molecule has 0 bridgehead atoms. The molecule has 1 amide bonds. The Morgan fingerprint density at radius 3 is 2.38 bits per heavy atom. The highest BCUT2D eigenvalue weighted by atomic mass is 35.5. The predicted octanol–water partition coefficient (Wildman–Crippen LogP) is 5.05. The molecule has 1 aliphatic heterocycles. The van der Waals surface area contributed by atoms with Crippen molar-refractivity contribution >= 4 is 17.5 Å². The van der Waals surface area contributed by atoms with E-state index >= 15 is 0 Å². The molecule has 4 nitrogen and oxygen atoms in total. The van der Waals surface area contributed by atoms with Crippen molar-refractivity contribution in [2.45, 2.75) is 19.3 Å². The van der Waals surface area contributed by atoms with Gasteiger partial charge in [-0.1, -0.05) is 11.6 Å². The maximum absolute atomic E-state index is 13.4. The van der Waals surface area contributed by atoms with Crippen LogP contribution in [0.25, 0.3) is 0 Å². The monoisotopic (exact) mass is 381 g/mol. The number of likely N-dealkylation sites (tertiary alicyclic amines) is 1. The van der Waals surface area contributed by atoms with Crippen molar-refractivity contribution in [1.82, 2.24) is 4.90 Å². The third kappa shape index (κ3) is 3.90. The zero-order valence-electron chi connectivity index (χ0n) is 14.2. The van der Waals surface area contributed by atoms with Crippen molar-refractivity contribution in [2.75, 3.05) is 20.2 Å². The molecule has 138 valence electrons. The zero-order valence-corrected chi connectivity index (χ0v) is 15.0. The SMILES string of the molecule is COc1cc(C(=O)N2CCCCC2)ccc1Oc1cc(F)c(F)cc1Cl. The lowest BCUT2D eigenvalue weighted by Gasteiger charge is -2.27. The summed E-state index contributed by atoms with van der Waals surface area (Å²) in [5, 5.41) is -0.0700. The van der Waals surface area contributed by atoms with Crippen molar-refractivity contribution in [2.24, 2.45) is 0 Å². The van der Waals surface area contributed by atoms with Gasteiger partial charge < -0.3 is 14.4 Å². The fourth-order valence-corrected chi connectivity index (χ4v) is 3.05. The summed E-state index contributed by atoms with van der Waals surface area (Å²) in [6.07, 6.45) is 3.13. The van der Waals surface area contributed by atoms with Crippen molar-refractivity contribution in [3.8, 4) is 17.2 Å². The van der Waals surface area contributed by atoms with Crippen LogP contribution in [0.1, 0.15) is 29.6 Å². The van der Waals surface area contributed by atoms with Gasteiger partial charge in [-0.2, -0.15) is 0 Å². The van der Waals surface area contributed by atoms with Gasteiger partial charge in [0.15, 0.2) is 23.1 Å². The summed E-state index contributed by atoms with van der Waals surface area (Å²) in [4.78, 5) is 14.4. The topological polar surface area (TPSA) is 38.8 Å². The number of ether oxygens (including phenoxy) is 2. The maximum atomic E-state index is 13.4. The molecule has 1 saturated heterocycles. The number of nitrogens with zero attached hydrogens (tertiary/aromatic N) is 1. The highest BCUT2D eigenvalue weighted by Gasteiger charge is 2.20. The average molecular weight is 382 g/mol. The second kappa shape index (κ2) is 7.91. The molecule has 1 fully saturated rings. The summed E-state index contributed by atoms with van der Waals surface area (Å²) in [6, 6.07) is 6.44. The molecule has 0 atom stereocenters. The lowest BCUT2D eigenvalue weighted by molar-refractivity contribution is 0.0724. The number of carbonyl (C=O) groups is 1. The Morgan fingerprint density at radius 2 is 1.69 bits per heavy atom. The third-order valence-electron chi connectivity index (χ3n) is 4.25. The summed E-state index contributed by atoms with van der Waals surface area (Å²) >= 11 is 5.90. The molecule has 0 aromatic heterocycles. The van der Waals surface area contributed by atoms with Crippen LogP contribution in [0.4, 0.5) is 8.78 Å². The van der Waals surface area contributed by atoms with Gasteiger partial charge in [0.2, 0.25) is 0 Å². The molecule has 3 rings (SSSR count). The van der Waals surface area contributed by atoms with Crippen LogP contribution in [0.3, 0.4) is 0 Å². The molecule has 1 aliphatic rings. The molecular formula is C19H18ClF2NO3. The van der Waals surface area contributed by atoms with E-state index in [1.165, 1.54) is 7.11 Å². The molecule has 0 aliphatic carbocycles. The Balaban J connectivity index is 1.85. The number of hydrogen-bond acceptors (Lipinski definition) is 3. The van der Waals surface area contributed by atoms with Gasteiger partial charge in [-0.3, -0.25) is 4.79 Å². The Kier molecular flexibility index (Phi) is 5.61. The molecule has 0 N–H and O–H groups in total. The lowest BCUT2D eigenvalue weighted by Crippen LogP contribution is -2.35. The van der Waals surface area contributed by atoms with Crippen LogP contribution in [-0.2, 0) is 0 Å². The standard InChI is InChI=1S/C19H18ClF2NO3/c1-25-18-9-12(19(24)23-7-3-2-4-8-23)5-6-16(18)26-17-11-15(22)14(21)10-13(17)20/h5-6,9-11H,2-4,7-8H2,1H3. The van der Waals surface area contributed by atoms with E-state index < -0.39 is 11.6 Å². The smallest absolute Gasteiger partial charge is 0.253 e. The van der Waals surface area contributed by atoms with Gasteiger partial charge in [0, 0.05) is 24.7 Å². The number of piperidine rings is 1. The molecule has 1 heterocycles. The largest absolute Gasteiger partial charge is 0.493 e. The minimum Gasteiger partial charge on any atom is -0.493 e. The minimum atomic E-state index is -1.07. The Hall–Kier alpha value is -2.34. The van der Waals surface area contributed by atoms with Crippen LogP contribution in [-0.4, -0.2) is 31.0 Å². The lowest BCUT2D eigenvalue weighted by atomic mass is 10.1. The maximum Gasteiger partial charge on any atom is 0.253 e. The summed E-state index contributed by atoms with van der Waals surface area (Å²) in [5.74, 6) is -1.69. The van der Waals surface area contributed by atoms with Crippen LogP contribution in [0.5, 0.6) is 17.2 Å². The highest BCUT2D eigenvalue weighted by molar-refractivity contribution is 6.32.